The zero-order chi connectivity index (χ0) is 14.5. The van der Waals surface area contributed by atoms with E-state index in [1.165, 1.54) is 12.0 Å². The summed E-state index contributed by atoms with van der Waals surface area (Å²) in [7, 11) is -1.55. The van der Waals surface area contributed by atoms with Crippen LogP contribution in [0.1, 0.15) is 12.8 Å². The van der Waals surface area contributed by atoms with Crippen LogP contribution in [0.4, 0.5) is 0 Å². The summed E-state index contributed by atoms with van der Waals surface area (Å²) >= 11 is 0. The van der Waals surface area contributed by atoms with Crippen LogP contribution in [0, 0.1) is 5.92 Å². The van der Waals surface area contributed by atoms with E-state index in [1.54, 1.807) is 0 Å². The lowest BCUT2D eigenvalue weighted by Crippen LogP contribution is -2.38. The summed E-state index contributed by atoms with van der Waals surface area (Å²) in [5.74, 6) is -1.49. The van der Waals surface area contributed by atoms with Crippen molar-refractivity contribution in [3.8, 4) is 0 Å². The van der Waals surface area contributed by atoms with Crippen LogP contribution in [0.5, 0.6) is 0 Å². The third-order valence-electron chi connectivity index (χ3n) is 3.03. The van der Waals surface area contributed by atoms with Gasteiger partial charge in [-0.05, 0) is 12.3 Å². The number of sulfone groups is 1. The number of methoxy groups -OCH3 is 1. The molecule has 1 aliphatic rings. The summed E-state index contributed by atoms with van der Waals surface area (Å²) in [5, 5.41) is 8.75. The number of ether oxygens (including phenoxy) is 1. The largest absolute Gasteiger partial charge is 0.480 e. The first-order valence-corrected chi connectivity index (χ1v) is 7.85. The minimum atomic E-state index is -3.02. The maximum atomic E-state index is 12.0. The van der Waals surface area contributed by atoms with Crippen molar-refractivity contribution in [2.75, 3.05) is 38.3 Å². The van der Waals surface area contributed by atoms with Gasteiger partial charge >= 0.3 is 5.97 Å². The van der Waals surface area contributed by atoms with Crippen molar-refractivity contribution in [3.63, 3.8) is 0 Å². The van der Waals surface area contributed by atoms with Crippen molar-refractivity contribution in [2.24, 2.45) is 5.92 Å². The smallest absolute Gasteiger partial charge is 0.323 e. The van der Waals surface area contributed by atoms with Crippen LogP contribution < -0.4 is 0 Å². The first-order chi connectivity index (χ1) is 8.84. The topological polar surface area (TPSA) is 101 Å². The summed E-state index contributed by atoms with van der Waals surface area (Å²) in [6.07, 6.45) is 0.551. The normalized spacial score (nSPS) is 21.2. The molecule has 19 heavy (non-hydrogen) atoms. The molecule has 1 N–H and O–H groups in total. The zero-order valence-corrected chi connectivity index (χ0v) is 11.7. The third kappa shape index (κ3) is 5.56. The molecule has 0 radical (unpaired) electrons. The minimum absolute atomic E-state index is 0.0178. The number of carbonyl (C=O) groups excluding carboxylic acids is 1. The number of aliphatic carboxylic acids is 1. The average Bonchev–Trinajstić information content (AvgIpc) is 2.63. The fourth-order valence-electron chi connectivity index (χ4n) is 2.07. The lowest BCUT2D eigenvalue weighted by molar-refractivity contribution is -0.145. The zero-order valence-electron chi connectivity index (χ0n) is 10.9. The standard InChI is InChI=1S/C11H19NO6S/c1-18-4-3-12(7-11(14)15)10(13)6-9-2-5-19(16,17)8-9/h9H,2-8H2,1H3,(H,14,15). The fourth-order valence-corrected chi connectivity index (χ4v) is 3.93. The molecule has 1 unspecified atom stereocenters. The van der Waals surface area contributed by atoms with Gasteiger partial charge in [-0.1, -0.05) is 0 Å². The number of nitrogens with zero attached hydrogens (tertiary/aromatic N) is 1. The van der Waals surface area contributed by atoms with E-state index in [1.807, 2.05) is 0 Å². The van der Waals surface area contributed by atoms with Gasteiger partial charge in [-0.25, -0.2) is 8.42 Å². The van der Waals surface area contributed by atoms with Crippen molar-refractivity contribution >= 4 is 21.7 Å². The molecule has 1 saturated heterocycles. The van der Waals surface area contributed by atoms with Crippen LogP contribution in [0.2, 0.25) is 0 Å². The predicted octanol–water partition coefficient (Wildman–Crippen LogP) is -0.629. The Labute approximate surface area is 112 Å². The van der Waals surface area contributed by atoms with Gasteiger partial charge in [0.1, 0.15) is 6.54 Å². The molecule has 1 rings (SSSR count). The Hall–Kier alpha value is -1.15. The monoisotopic (exact) mass is 293 g/mol. The fraction of sp³-hybridized carbons (Fsp3) is 0.818. The molecule has 1 atom stereocenters. The lowest BCUT2D eigenvalue weighted by atomic mass is 10.0. The van der Waals surface area contributed by atoms with Gasteiger partial charge in [0.15, 0.2) is 9.84 Å². The molecule has 8 heteroatoms. The third-order valence-corrected chi connectivity index (χ3v) is 4.87. The maximum absolute atomic E-state index is 12.0. The van der Waals surface area contributed by atoms with Crippen molar-refractivity contribution in [3.05, 3.63) is 0 Å². The molecule has 0 aliphatic carbocycles. The molecule has 1 fully saturated rings. The number of carboxylic acids is 1. The van der Waals surface area contributed by atoms with Gasteiger partial charge in [0, 0.05) is 20.1 Å². The molecule has 0 aromatic heterocycles. The van der Waals surface area contributed by atoms with E-state index in [4.69, 9.17) is 9.84 Å². The van der Waals surface area contributed by atoms with Gasteiger partial charge in [0.2, 0.25) is 5.91 Å². The molecule has 0 saturated carbocycles. The van der Waals surface area contributed by atoms with E-state index in [9.17, 15) is 18.0 Å². The van der Waals surface area contributed by atoms with E-state index in [0.717, 1.165) is 0 Å². The molecule has 1 heterocycles. The van der Waals surface area contributed by atoms with E-state index < -0.39 is 15.8 Å². The average molecular weight is 293 g/mol. The summed E-state index contributed by atoms with van der Waals surface area (Å²) in [6.45, 7) is 0.0603. The van der Waals surface area contributed by atoms with Gasteiger partial charge in [0.25, 0.3) is 0 Å². The SMILES string of the molecule is COCCN(CC(=O)O)C(=O)CC1CCS(=O)(=O)C1. The Morgan fingerprint density at radius 1 is 1.42 bits per heavy atom. The van der Waals surface area contributed by atoms with E-state index >= 15 is 0 Å². The van der Waals surface area contributed by atoms with Crippen LogP contribution in [-0.4, -0.2) is 68.6 Å². The number of amides is 1. The van der Waals surface area contributed by atoms with Crippen molar-refractivity contribution < 1.29 is 27.9 Å². The summed E-state index contributed by atoms with van der Waals surface area (Å²) in [5.41, 5.74) is 0. The number of carbonyl (C=O) groups is 2. The number of rotatable bonds is 7. The van der Waals surface area contributed by atoms with E-state index in [-0.39, 0.29) is 49.4 Å². The molecule has 0 spiro atoms. The maximum Gasteiger partial charge on any atom is 0.323 e. The van der Waals surface area contributed by atoms with Crippen molar-refractivity contribution in [1.82, 2.24) is 4.90 Å². The van der Waals surface area contributed by atoms with E-state index in [2.05, 4.69) is 0 Å². The Kier molecular flexibility index (Phi) is 5.74. The predicted molar refractivity (Wildman–Crippen MR) is 67.5 cm³/mol. The Morgan fingerprint density at radius 3 is 2.58 bits per heavy atom. The van der Waals surface area contributed by atoms with E-state index in [0.29, 0.717) is 6.42 Å². The number of hydrogen-bond acceptors (Lipinski definition) is 5. The van der Waals surface area contributed by atoms with Gasteiger partial charge in [-0.15, -0.1) is 0 Å². The second kappa shape index (κ2) is 6.85. The molecule has 0 aromatic rings. The Bertz CT molecular complexity index is 432. The number of carboxylic acid groups (broad SMARTS) is 1. The molecule has 1 amide bonds. The summed E-state index contributed by atoms with van der Waals surface area (Å²) < 4.78 is 27.4. The molecule has 1 aliphatic heterocycles. The second-order valence-electron chi connectivity index (χ2n) is 4.68. The Morgan fingerprint density at radius 2 is 2.11 bits per heavy atom. The lowest BCUT2D eigenvalue weighted by Gasteiger charge is -2.21. The first-order valence-electron chi connectivity index (χ1n) is 6.03. The molecular formula is C11H19NO6S. The highest BCUT2D eigenvalue weighted by atomic mass is 32.2. The van der Waals surface area contributed by atoms with Gasteiger partial charge < -0.3 is 14.7 Å². The molecular weight excluding hydrogens is 274 g/mol. The molecule has 110 valence electrons. The second-order valence-corrected chi connectivity index (χ2v) is 6.90. The molecule has 7 nitrogen and oxygen atoms in total. The number of hydrogen-bond donors (Lipinski definition) is 1. The van der Waals surface area contributed by atoms with Crippen LogP contribution in [-0.2, 0) is 24.2 Å². The molecule has 0 aromatic carbocycles. The van der Waals surface area contributed by atoms with Crippen molar-refractivity contribution in [2.45, 2.75) is 12.8 Å². The van der Waals surface area contributed by atoms with Crippen LogP contribution >= 0.6 is 0 Å². The summed E-state index contributed by atoms with van der Waals surface area (Å²) in [4.78, 5) is 23.8. The Balaban J connectivity index is 2.54. The van der Waals surface area contributed by atoms with Crippen LogP contribution in [0.25, 0.3) is 0 Å². The first kappa shape index (κ1) is 15.9. The molecule has 0 bridgehead atoms. The van der Waals surface area contributed by atoms with Gasteiger partial charge in [-0.3, -0.25) is 9.59 Å². The minimum Gasteiger partial charge on any atom is -0.480 e. The van der Waals surface area contributed by atoms with Crippen LogP contribution in [0.3, 0.4) is 0 Å². The highest BCUT2D eigenvalue weighted by molar-refractivity contribution is 7.91. The summed E-state index contributed by atoms with van der Waals surface area (Å²) in [6, 6.07) is 0. The van der Waals surface area contributed by atoms with Crippen LogP contribution in [0.15, 0.2) is 0 Å². The highest BCUT2D eigenvalue weighted by Gasteiger charge is 2.31. The van der Waals surface area contributed by atoms with Crippen molar-refractivity contribution in [1.29, 1.82) is 0 Å². The van der Waals surface area contributed by atoms with Gasteiger partial charge in [0.05, 0.1) is 18.1 Å². The quantitative estimate of drug-likeness (QED) is 0.671. The van der Waals surface area contributed by atoms with Gasteiger partial charge in [-0.2, -0.15) is 0 Å². The highest BCUT2D eigenvalue weighted by Crippen LogP contribution is 2.22.